The molecule has 0 spiro atoms. The molecule has 1 aromatic rings. The fourth-order valence-corrected chi connectivity index (χ4v) is 0.605. The van der Waals surface area contributed by atoms with Gasteiger partial charge in [-0.1, -0.05) is 13.3 Å². The van der Waals surface area contributed by atoms with E-state index < -0.39 is 0 Å². The van der Waals surface area contributed by atoms with Crippen molar-refractivity contribution in [3.05, 3.63) is 12.0 Å². The number of hydrogen-bond donors (Lipinski definition) is 0. The van der Waals surface area contributed by atoms with Crippen molar-refractivity contribution in [2.75, 3.05) is 0 Å². The number of hydrogen-bond acceptors (Lipinski definition) is 3. The Kier molecular flexibility index (Phi) is 2.24. The fourth-order valence-electron chi connectivity index (χ4n) is 0.605. The molecule has 0 fully saturated rings. The van der Waals surface area contributed by atoms with Gasteiger partial charge >= 0.3 is 0 Å². The molecule has 1 radical (unpaired) electrons. The third-order valence-electron chi connectivity index (χ3n) is 1.12. The number of unbranched alkanes of at least 4 members (excludes halogenated alkanes) is 1. The first-order chi connectivity index (χ1) is 4.43. The summed E-state index contributed by atoms with van der Waals surface area (Å²) >= 11 is 0. The van der Waals surface area contributed by atoms with Crippen molar-refractivity contribution in [2.24, 2.45) is 0 Å². The Balaban J connectivity index is 2.30. The Morgan fingerprint density at radius 2 is 2.56 bits per heavy atom. The van der Waals surface area contributed by atoms with Crippen molar-refractivity contribution >= 4 is 0 Å². The molecule has 49 valence electrons. The standard InChI is InChI=1S/C6H9N2O/c1-2-3-4-6-5-7-8-9-6/h2-4H2,1H3. The van der Waals surface area contributed by atoms with Gasteiger partial charge in [0.2, 0.25) is 0 Å². The lowest BCUT2D eigenvalue weighted by Gasteiger charge is -1.86. The molecule has 9 heavy (non-hydrogen) atoms. The van der Waals surface area contributed by atoms with E-state index in [0.717, 1.165) is 25.0 Å². The van der Waals surface area contributed by atoms with Crippen LogP contribution in [0.4, 0.5) is 0 Å². The van der Waals surface area contributed by atoms with E-state index in [0.29, 0.717) is 0 Å². The zero-order chi connectivity index (χ0) is 6.53. The van der Waals surface area contributed by atoms with Crippen molar-refractivity contribution in [2.45, 2.75) is 26.2 Å². The summed E-state index contributed by atoms with van der Waals surface area (Å²) in [5.74, 6) is 0.761. The van der Waals surface area contributed by atoms with Crippen LogP contribution in [-0.2, 0) is 6.42 Å². The van der Waals surface area contributed by atoms with E-state index in [4.69, 9.17) is 4.52 Å². The topological polar surface area (TPSA) is 38.9 Å². The van der Waals surface area contributed by atoms with E-state index in [1.54, 1.807) is 0 Å². The van der Waals surface area contributed by atoms with E-state index in [2.05, 4.69) is 23.5 Å². The third kappa shape index (κ3) is 1.83. The van der Waals surface area contributed by atoms with Gasteiger partial charge in [0.25, 0.3) is 0 Å². The maximum atomic E-state index is 4.72. The molecule has 0 aliphatic carbocycles. The summed E-state index contributed by atoms with van der Waals surface area (Å²) in [6.07, 6.45) is 5.83. The molecule has 0 aromatic carbocycles. The predicted molar refractivity (Wildman–Crippen MR) is 31.7 cm³/mol. The van der Waals surface area contributed by atoms with Crippen LogP contribution in [0.3, 0.4) is 0 Å². The second kappa shape index (κ2) is 3.22. The van der Waals surface area contributed by atoms with Crippen molar-refractivity contribution in [1.82, 2.24) is 10.4 Å². The summed E-state index contributed by atoms with van der Waals surface area (Å²) in [4.78, 5) is 0. The van der Waals surface area contributed by atoms with Crippen LogP contribution in [0, 0.1) is 6.20 Å². The van der Waals surface area contributed by atoms with Crippen LogP contribution in [0.25, 0.3) is 0 Å². The van der Waals surface area contributed by atoms with Crippen LogP contribution >= 0.6 is 0 Å². The van der Waals surface area contributed by atoms with Crippen LogP contribution < -0.4 is 0 Å². The van der Waals surface area contributed by atoms with Gasteiger partial charge in [0, 0.05) is 11.7 Å². The highest BCUT2D eigenvalue weighted by Gasteiger charge is 1.95. The van der Waals surface area contributed by atoms with Crippen LogP contribution in [0.5, 0.6) is 0 Å². The monoisotopic (exact) mass is 125 g/mol. The highest BCUT2D eigenvalue weighted by molar-refractivity contribution is 4.82. The van der Waals surface area contributed by atoms with Gasteiger partial charge in [0.05, 0.1) is 0 Å². The van der Waals surface area contributed by atoms with Crippen molar-refractivity contribution in [1.29, 1.82) is 0 Å². The zero-order valence-electron chi connectivity index (χ0n) is 5.42. The van der Waals surface area contributed by atoms with Gasteiger partial charge < -0.3 is 4.52 Å². The zero-order valence-corrected chi connectivity index (χ0v) is 5.42. The van der Waals surface area contributed by atoms with Crippen molar-refractivity contribution in [3.8, 4) is 0 Å². The Morgan fingerprint density at radius 1 is 1.67 bits per heavy atom. The molecule has 0 bridgehead atoms. The van der Waals surface area contributed by atoms with Gasteiger partial charge in [-0.05, 0) is 6.42 Å². The number of nitrogens with zero attached hydrogens (tertiary/aromatic N) is 2. The summed E-state index contributed by atoms with van der Waals surface area (Å²) in [5.41, 5.74) is 0. The van der Waals surface area contributed by atoms with Crippen LogP contribution in [0.15, 0.2) is 4.52 Å². The fraction of sp³-hybridized carbons (Fsp3) is 0.667. The van der Waals surface area contributed by atoms with E-state index in [1.165, 1.54) is 0 Å². The molecule has 0 unspecified atom stereocenters. The van der Waals surface area contributed by atoms with Gasteiger partial charge in [-0.3, -0.25) is 0 Å². The van der Waals surface area contributed by atoms with Crippen molar-refractivity contribution in [3.63, 3.8) is 0 Å². The summed E-state index contributed by atoms with van der Waals surface area (Å²) in [6.45, 7) is 2.13. The maximum Gasteiger partial charge on any atom is 0.166 e. The molecular formula is C6H9N2O. The van der Waals surface area contributed by atoms with Gasteiger partial charge in [-0.15, -0.1) is 5.10 Å². The van der Waals surface area contributed by atoms with Crippen LogP contribution in [0.2, 0.25) is 0 Å². The highest BCUT2D eigenvalue weighted by atomic mass is 16.5. The first-order valence-corrected chi connectivity index (χ1v) is 3.12. The molecule has 1 aromatic heterocycles. The second-order valence-corrected chi connectivity index (χ2v) is 1.91. The molecule has 3 nitrogen and oxygen atoms in total. The smallest absolute Gasteiger partial charge is 0.166 e. The van der Waals surface area contributed by atoms with Crippen LogP contribution in [-0.4, -0.2) is 10.4 Å². The number of aryl methyl sites for hydroxylation is 1. The Morgan fingerprint density at radius 3 is 3.11 bits per heavy atom. The number of aromatic nitrogens is 2. The molecule has 0 amide bonds. The average Bonchev–Trinajstić information content (AvgIpc) is 2.34. The minimum atomic E-state index is 0.761. The van der Waals surface area contributed by atoms with E-state index in [-0.39, 0.29) is 0 Å². The summed E-state index contributed by atoms with van der Waals surface area (Å²) in [5, 5.41) is 6.73. The SMILES string of the molecule is CCCCc1[c]nno1. The van der Waals surface area contributed by atoms with E-state index >= 15 is 0 Å². The molecule has 1 heterocycles. The largest absolute Gasteiger partial charge is 0.341 e. The first-order valence-electron chi connectivity index (χ1n) is 3.12. The van der Waals surface area contributed by atoms with Crippen molar-refractivity contribution < 1.29 is 4.52 Å². The van der Waals surface area contributed by atoms with E-state index in [1.807, 2.05) is 0 Å². The minimum Gasteiger partial charge on any atom is -0.341 e. The first kappa shape index (κ1) is 6.26. The highest BCUT2D eigenvalue weighted by Crippen LogP contribution is 1.99. The molecule has 1 rings (SSSR count). The van der Waals surface area contributed by atoms with E-state index in [9.17, 15) is 0 Å². The Labute approximate surface area is 54.0 Å². The van der Waals surface area contributed by atoms with Crippen LogP contribution in [0.1, 0.15) is 25.5 Å². The molecule has 0 aliphatic heterocycles. The van der Waals surface area contributed by atoms with Gasteiger partial charge in [-0.2, -0.15) is 0 Å². The maximum absolute atomic E-state index is 4.72. The summed E-state index contributed by atoms with van der Waals surface area (Å²) in [7, 11) is 0. The average molecular weight is 125 g/mol. The number of rotatable bonds is 3. The lowest BCUT2D eigenvalue weighted by atomic mass is 10.2. The molecule has 0 aliphatic rings. The van der Waals surface area contributed by atoms with Gasteiger partial charge in [0.1, 0.15) is 0 Å². The molecule has 0 saturated carbocycles. The molecule has 0 N–H and O–H groups in total. The molecule has 0 atom stereocenters. The summed E-state index contributed by atoms with van der Waals surface area (Å²) in [6, 6.07) is 0. The normalized spacial score (nSPS) is 9.89. The predicted octanol–water partition coefficient (Wildman–Crippen LogP) is 1.21. The molecule has 0 saturated heterocycles. The Bertz CT molecular complexity index is 148. The molecular weight excluding hydrogens is 116 g/mol. The van der Waals surface area contributed by atoms with Gasteiger partial charge in [-0.25, -0.2) is 0 Å². The summed E-state index contributed by atoms with van der Waals surface area (Å²) < 4.78 is 4.72. The minimum absolute atomic E-state index is 0.761. The molecule has 3 heteroatoms. The lowest BCUT2D eigenvalue weighted by molar-refractivity contribution is 0.359. The third-order valence-corrected chi connectivity index (χ3v) is 1.12. The Hall–Kier alpha value is -0.860. The lowest BCUT2D eigenvalue weighted by Crippen LogP contribution is -1.78. The second-order valence-electron chi connectivity index (χ2n) is 1.91. The van der Waals surface area contributed by atoms with Gasteiger partial charge in [0.15, 0.2) is 12.0 Å². The quantitative estimate of drug-likeness (QED) is 0.609.